The molecule has 0 aromatic carbocycles. The summed E-state index contributed by atoms with van der Waals surface area (Å²) in [6, 6.07) is 0. The highest BCUT2D eigenvalue weighted by Crippen LogP contribution is 2.07. The van der Waals surface area contributed by atoms with Crippen molar-refractivity contribution in [2.45, 2.75) is 53.4 Å². The van der Waals surface area contributed by atoms with Crippen LogP contribution in [0.15, 0.2) is 22.6 Å². The van der Waals surface area contributed by atoms with Crippen LogP contribution in [0.4, 0.5) is 0 Å². The van der Waals surface area contributed by atoms with Crippen molar-refractivity contribution in [3.63, 3.8) is 0 Å². The monoisotopic (exact) mass is 346 g/mol. The number of rotatable bonds is 3. The van der Waals surface area contributed by atoms with Crippen LogP contribution < -0.4 is 0 Å². The van der Waals surface area contributed by atoms with Gasteiger partial charge < -0.3 is 0 Å². The Morgan fingerprint density at radius 3 is 1.92 bits per heavy atom. The lowest BCUT2D eigenvalue weighted by Gasteiger charge is -2.00. The van der Waals surface area contributed by atoms with E-state index in [1.165, 1.54) is 6.33 Å². The predicted molar refractivity (Wildman–Crippen MR) is 101 cm³/mol. The number of nitrogens with zero attached hydrogens (tertiary/aromatic N) is 7. The molecule has 8 heteroatoms. The molecule has 0 fully saturated rings. The van der Waals surface area contributed by atoms with Crippen molar-refractivity contribution in [3.05, 3.63) is 24.3 Å². The number of amidine groups is 1. The first kappa shape index (κ1) is 20.7. The smallest absolute Gasteiger partial charge is 0.138 e. The third-order valence-electron chi connectivity index (χ3n) is 3.32. The summed E-state index contributed by atoms with van der Waals surface area (Å²) in [5.74, 6) is 4.40. The maximum Gasteiger partial charge on any atom is 0.138 e. The molecule has 0 unspecified atom stereocenters. The molecule has 2 aromatic heterocycles. The number of aromatic amines is 1. The molecule has 1 N–H and O–H groups in total. The number of aliphatic imine (C=N–C) groups is 2. The minimum Gasteiger partial charge on any atom is -0.265 e. The second-order valence-electron chi connectivity index (χ2n) is 6.59. The summed E-state index contributed by atoms with van der Waals surface area (Å²) in [7, 11) is 1.91. The maximum atomic E-state index is 4.13. The van der Waals surface area contributed by atoms with Gasteiger partial charge in [-0.2, -0.15) is 10.2 Å². The van der Waals surface area contributed by atoms with E-state index in [-0.39, 0.29) is 0 Å². The van der Waals surface area contributed by atoms with Crippen LogP contribution in [0.3, 0.4) is 0 Å². The molecular formula is C17H30N8. The fourth-order valence-corrected chi connectivity index (χ4v) is 1.96. The summed E-state index contributed by atoms with van der Waals surface area (Å²) >= 11 is 0. The summed E-state index contributed by atoms with van der Waals surface area (Å²) in [5, 5.41) is 10.4. The molecule has 0 saturated heterocycles. The molecule has 8 nitrogen and oxygen atoms in total. The minimum absolute atomic E-state index is 0.456. The van der Waals surface area contributed by atoms with Gasteiger partial charge in [0.1, 0.15) is 30.1 Å². The second kappa shape index (κ2) is 10.5. The van der Waals surface area contributed by atoms with E-state index in [2.05, 4.69) is 76.8 Å². The molecule has 0 amide bonds. The molecule has 0 radical (unpaired) electrons. The van der Waals surface area contributed by atoms with Gasteiger partial charge >= 0.3 is 0 Å². The van der Waals surface area contributed by atoms with Crippen LogP contribution >= 0.6 is 0 Å². The zero-order valence-corrected chi connectivity index (χ0v) is 16.3. The highest BCUT2D eigenvalue weighted by Gasteiger charge is 2.04. The molecule has 0 aliphatic carbocycles. The number of aryl methyl sites for hydroxylation is 1. The zero-order valence-electron chi connectivity index (χ0n) is 16.3. The van der Waals surface area contributed by atoms with Crippen LogP contribution in [0.25, 0.3) is 0 Å². The normalized spacial score (nSPS) is 12.8. The van der Waals surface area contributed by atoms with Gasteiger partial charge in [-0.3, -0.25) is 14.8 Å². The van der Waals surface area contributed by atoms with E-state index in [1.54, 1.807) is 11.0 Å². The number of hydrogen-bond donors (Lipinski definition) is 1. The van der Waals surface area contributed by atoms with E-state index in [0.29, 0.717) is 17.8 Å². The third-order valence-corrected chi connectivity index (χ3v) is 3.32. The van der Waals surface area contributed by atoms with E-state index in [4.69, 9.17) is 0 Å². The van der Waals surface area contributed by atoms with Crippen molar-refractivity contribution in [2.75, 3.05) is 6.54 Å². The Balaban J connectivity index is 0.000000188. The van der Waals surface area contributed by atoms with Crippen LogP contribution in [-0.2, 0) is 7.05 Å². The highest BCUT2D eigenvalue weighted by atomic mass is 15.3. The van der Waals surface area contributed by atoms with Gasteiger partial charge in [0.05, 0.1) is 6.54 Å². The van der Waals surface area contributed by atoms with Crippen LogP contribution in [0.5, 0.6) is 0 Å². The van der Waals surface area contributed by atoms with Crippen LogP contribution in [0, 0.1) is 5.92 Å². The molecule has 1 aliphatic rings. The van der Waals surface area contributed by atoms with Gasteiger partial charge in [0.25, 0.3) is 0 Å². The lowest BCUT2D eigenvalue weighted by Crippen LogP contribution is -2.00. The summed E-state index contributed by atoms with van der Waals surface area (Å²) in [6.45, 7) is 13.3. The van der Waals surface area contributed by atoms with Crippen LogP contribution in [0.1, 0.15) is 65.0 Å². The Morgan fingerprint density at radius 1 is 0.960 bits per heavy atom. The molecule has 3 rings (SSSR count). The van der Waals surface area contributed by atoms with Crippen molar-refractivity contribution in [3.8, 4) is 0 Å². The Bertz CT molecular complexity index is 650. The quantitative estimate of drug-likeness (QED) is 0.924. The molecule has 1 aliphatic heterocycles. The number of aromatic nitrogens is 6. The third kappa shape index (κ3) is 7.36. The largest absolute Gasteiger partial charge is 0.265 e. The lowest BCUT2D eigenvalue weighted by atomic mass is 10.2. The van der Waals surface area contributed by atoms with Gasteiger partial charge in [-0.1, -0.05) is 41.5 Å². The predicted octanol–water partition coefficient (Wildman–Crippen LogP) is 2.99. The van der Waals surface area contributed by atoms with E-state index in [0.717, 1.165) is 24.0 Å². The first-order valence-electron chi connectivity index (χ1n) is 8.58. The molecule has 0 saturated carbocycles. The van der Waals surface area contributed by atoms with Crippen molar-refractivity contribution >= 4 is 12.1 Å². The number of hydrogen-bond acceptors (Lipinski definition) is 6. The van der Waals surface area contributed by atoms with Crippen molar-refractivity contribution in [2.24, 2.45) is 23.0 Å². The van der Waals surface area contributed by atoms with Crippen molar-refractivity contribution in [1.82, 2.24) is 29.9 Å². The molecule has 0 spiro atoms. The highest BCUT2D eigenvalue weighted by molar-refractivity contribution is 5.95. The van der Waals surface area contributed by atoms with E-state index in [1.807, 2.05) is 13.3 Å². The number of H-pyrrole nitrogens is 1. The Morgan fingerprint density at radius 2 is 1.68 bits per heavy atom. The summed E-state index contributed by atoms with van der Waals surface area (Å²) in [4.78, 5) is 16.2. The lowest BCUT2D eigenvalue weighted by molar-refractivity contribution is 0.655. The van der Waals surface area contributed by atoms with Crippen molar-refractivity contribution < 1.29 is 0 Å². The average molecular weight is 346 g/mol. The molecule has 2 aromatic rings. The van der Waals surface area contributed by atoms with E-state index < -0.39 is 0 Å². The standard InChI is InChI=1S/C6H11N3.C6H10N2.C5H9N3/c1-5(2)6-7-4-8-9(6)3;1-5(2)6-7-3-4-8-6;1-4(2)5-6-3-7-8-5/h4-5H,1-3H3;3,5H,4H2,1-2H3;3-4H,1-2H3,(H,6,7,8). The Hall–Kier alpha value is -2.38. The van der Waals surface area contributed by atoms with Gasteiger partial charge in [-0.15, -0.1) is 0 Å². The van der Waals surface area contributed by atoms with Gasteiger partial charge in [0.2, 0.25) is 0 Å². The Kier molecular flexibility index (Phi) is 8.66. The fraction of sp³-hybridized carbons (Fsp3) is 0.647. The molecular weight excluding hydrogens is 316 g/mol. The van der Waals surface area contributed by atoms with Gasteiger partial charge in [-0.25, -0.2) is 15.0 Å². The minimum atomic E-state index is 0.456. The Labute approximate surface area is 149 Å². The average Bonchev–Trinajstić information content (AvgIpc) is 3.31. The van der Waals surface area contributed by atoms with Gasteiger partial charge in [0.15, 0.2) is 0 Å². The summed E-state index contributed by atoms with van der Waals surface area (Å²) in [5.41, 5.74) is 0. The van der Waals surface area contributed by atoms with Crippen LogP contribution in [-0.4, -0.2) is 48.5 Å². The number of nitrogens with one attached hydrogen (secondary N) is 1. The van der Waals surface area contributed by atoms with Gasteiger partial charge in [0, 0.05) is 31.0 Å². The first-order chi connectivity index (χ1) is 11.8. The zero-order chi connectivity index (χ0) is 18.8. The molecule has 25 heavy (non-hydrogen) atoms. The van der Waals surface area contributed by atoms with Crippen LogP contribution in [0.2, 0.25) is 0 Å². The first-order valence-corrected chi connectivity index (χ1v) is 8.58. The van der Waals surface area contributed by atoms with Crippen molar-refractivity contribution in [1.29, 1.82) is 0 Å². The summed E-state index contributed by atoms with van der Waals surface area (Å²) < 4.78 is 1.80. The SMILES string of the molecule is CC(C)C1=NCC=N1.CC(C)c1ncn[nH]1.CC(C)c1ncnn1C. The molecule has 0 atom stereocenters. The maximum absolute atomic E-state index is 4.13. The molecule has 3 heterocycles. The van der Waals surface area contributed by atoms with E-state index in [9.17, 15) is 0 Å². The topological polar surface area (TPSA) is 97.0 Å². The van der Waals surface area contributed by atoms with E-state index >= 15 is 0 Å². The molecule has 138 valence electrons. The van der Waals surface area contributed by atoms with Gasteiger partial charge in [-0.05, 0) is 0 Å². The summed E-state index contributed by atoms with van der Waals surface area (Å²) in [6.07, 6.45) is 4.94. The fourth-order valence-electron chi connectivity index (χ4n) is 1.96. The second-order valence-corrected chi connectivity index (χ2v) is 6.59. The molecule has 0 bridgehead atoms.